The third-order valence-electron chi connectivity index (χ3n) is 5.13. The van der Waals surface area contributed by atoms with Crippen LogP contribution in [0.5, 0.6) is 0 Å². The van der Waals surface area contributed by atoms with Crippen LogP contribution < -0.4 is 0 Å². The lowest BCUT2D eigenvalue weighted by Crippen LogP contribution is -2.00. The summed E-state index contributed by atoms with van der Waals surface area (Å²) in [7, 11) is 0. The predicted molar refractivity (Wildman–Crippen MR) is 104 cm³/mol. The zero-order valence-electron chi connectivity index (χ0n) is 16.3. The van der Waals surface area contributed by atoms with Gasteiger partial charge in [0.25, 0.3) is 0 Å². The van der Waals surface area contributed by atoms with E-state index >= 15 is 0 Å². The summed E-state index contributed by atoms with van der Waals surface area (Å²) in [6.07, 6.45) is 26.3. The van der Waals surface area contributed by atoms with Crippen LogP contribution in [0.3, 0.4) is 0 Å². The molecule has 0 aliphatic carbocycles. The molecule has 1 unspecified atom stereocenters. The molecule has 1 atom stereocenters. The van der Waals surface area contributed by atoms with E-state index in [0.29, 0.717) is 0 Å². The van der Waals surface area contributed by atoms with Crippen molar-refractivity contribution in [2.75, 3.05) is 0 Å². The molecule has 0 aliphatic heterocycles. The molecule has 0 bridgehead atoms. The summed E-state index contributed by atoms with van der Waals surface area (Å²) in [5, 5.41) is 0. The highest BCUT2D eigenvalue weighted by atomic mass is 14.1. The summed E-state index contributed by atoms with van der Waals surface area (Å²) in [5.41, 5.74) is 0. The van der Waals surface area contributed by atoms with Crippen molar-refractivity contribution in [2.45, 2.75) is 136 Å². The quantitative estimate of drug-likeness (QED) is 0.222. The van der Waals surface area contributed by atoms with Gasteiger partial charge in [0.05, 0.1) is 0 Å². The Morgan fingerprint density at radius 1 is 0.364 bits per heavy atom. The van der Waals surface area contributed by atoms with Gasteiger partial charge in [-0.15, -0.1) is 0 Å². The van der Waals surface area contributed by atoms with Crippen LogP contribution in [0, 0.1) is 5.92 Å². The van der Waals surface area contributed by atoms with Gasteiger partial charge in [0.15, 0.2) is 0 Å². The van der Waals surface area contributed by atoms with Crippen LogP contribution in [0.4, 0.5) is 0 Å². The molecule has 0 aromatic rings. The zero-order chi connectivity index (χ0) is 16.3. The highest BCUT2D eigenvalue weighted by Crippen LogP contribution is 2.23. The van der Waals surface area contributed by atoms with Gasteiger partial charge >= 0.3 is 0 Å². The van der Waals surface area contributed by atoms with E-state index in [0.717, 1.165) is 5.92 Å². The molecule has 22 heavy (non-hydrogen) atoms. The Morgan fingerprint density at radius 2 is 0.727 bits per heavy atom. The van der Waals surface area contributed by atoms with Crippen molar-refractivity contribution in [3.05, 3.63) is 0 Å². The molecule has 0 aromatic carbocycles. The van der Waals surface area contributed by atoms with E-state index < -0.39 is 0 Å². The van der Waals surface area contributed by atoms with Gasteiger partial charge in [-0.25, -0.2) is 0 Å². The second-order valence-corrected chi connectivity index (χ2v) is 7.47. The van der Waals surface area contributed by atoms with Crippen LogP contribution in [0.2, 0.25) is 0 Å². The fourth-order valence-corrected chi connectivity index (χ4v) is 3.62. The Labute approximate surface area is 142 Å². The van der Waals surface area contributed by atoms with Gasteiger partial charge in [0.2, 0.25) is 0 Å². The minimum atomic E-state index is 1.04. The van der Waals surface area contributed by atoms with E-state index in [1.54, 1.807) is 0 Å². The minimum absolute atomic E-state index is 1.04. The molecule has 0 saturated heterocycles. The van der Waals surface area contributed by atoms with Gasteiger partial charge in [-0.1, -0.05) is 136 Å². The first-order valence-corrected chi connectivity index (χ1v) is 10.8. The normalized spacial score (nSPS) is 12.7. The smallest absolute Gasteiger partial charge is 0.0414 e. The third-order valence-corrected chi connectivity index (χ3v) is 5.13. The molecule has 134 valence electrons. The van der Waals surface area contributed by atoms with Gasteiger partial charge in [-0.05, 0) is 5.92 Å². The molecule has 0 aromatic heterocycles. The summed E-state index contributed by atoms with van der Waals surface area (Å²) < 4.78 is 0. The van der Waals surface area contributed by atoms with Crippen LogP contribution in [0.1, 0.15) is 136 Å². The van der Waals surface area contributed by atoms with E-state index in [9.17, 15) is 0 Å². The van der Waals surface area contributed by atoms with Crippen LogP contribution >= 0.6 is 0 Å². The average molecular weight is 311 g/mol. The van der Waals surface area contributed by atoms with Crippen molar-refractivity contribution in [1.29, 1.82) is 0 Å². The number of hydrogen-bond acceptors (Lipinski definition) is 0. The Kier molecular flexibility index (Phi) is 19.0. The molecule has 0 N–H and O–H groups in total. The molecule has 0 rings (SSSR count). The summed E-state index contributed by atoms with van der Waals surface area (Å²) in [6, 6.07) is 0. The van der Waals surface area contributed by atoms with E-state index in [-0.39, 0.29) is 0 Å². The predicted octanol–water partition coefficient (Wildman–Crippen LogP) is 8.68. The maximum absolute atomic E-state index is 2.36. The SMILES string of the molecule is CCCCCCCCCCC(CCC)CCCCCCCC. The molecular formula is C22H46. The van der Waals surface area contributed by atoms with Crippen molar-refractivity contribution in [1.82, 2.24) is 0 Å². The highest BCUT2D eigenvalue weighted by Gasteiger charge is 2.07. The molecule has 0 spiro atoms. The first-order valence-electron chi connectivity index (χ1n) is 10.8. The van der Waals surface area contributed by atoms with Gasteiger partial charge in [0, 0.05) is 0 Å². The zero-order valence-corrected chi connectivity index (χ0v) is 16.3. The maximum atomic E-state index is 2.36. The molecule has 0 fully saturated rings. The maximum Gasteiger partial charge on any atom is -0.0414 e. The minimum Gasteiger partial charge on any atom is -0.0654 e. The standard InChI is InChI=1S/C22H46/c1-4-7-9-11-13-14-16-18-21-22(19-6-3)20-17-15-12-10-8-5-2/h22H,4-21H2,1-3H3. The summed E-state index contributed by atoms with van der Waals surface area (Å²) in [5.74, 6) is 1.04. The highest BCUT2D eigenvalue weighted by molar-refractivity contribution is 4.60. The molecule has 0 radical (unpaired) electrons. The van der Waals surface area contributed by atoms with Crippen molar-refractivity contribution in [3.8, 4) is 0 Å². The van der Waals surface area contributed by atoms with Gasteiger partial charge in [0.1, 0.15) is 0 Å². The Bertz CT molecular complexity index is 184. The fourth-order valence-electron chi connectivity index (χ4n) is 3.62. The summed E-state index contributed by atoms with van der Waals surface area (Å²) in [4.78, 5) is 0. The van der Waals surface area contributed by atoms with E-state index in [2.05, 4.69) is 20.8 Å². The number of hydrogen-bond donors (Lipinski definition) is 0. The van der Waals surface area contributed by atoms with Gasteiger partial charge in [-0.2, -0.15) is 0 Å². The fraction of sp³-hybridized carbons (Fsp3) is 1.00. The topological polar surface area (TPSA) is 0 Å². The van der Waals surface area contributed by atoms with Crippen molar-refractivity contribution >= 4 is 0 Å². The molecular weight excluding hydrogens is 264 g/mol. The second-order valence-electron chi connectivity index (χ2n) is 7.47. The Morgan fingerprint density at radius 3 is 1.09 bits per heavy atom. The molecule has 0 heterocycles. The van der Waals surface area contributed by atoms with Gasteiger partial charge < -0.3 is 0 Å². The lowest BCUT2D eigenvalue weighted by atomic mass is 9.90. The van der Waals surface area contributed by atoms with Crippen molar-refractivity contribution < 1.29 is 0 Å². The third kappa shape index (κ3) is 16.4. The lowest BCUT2D eigenvalue weighted by molar-refractivity contribution is 0.377. The molecule has 0 nitrogen and oxygen atoms in total. The number of unbranched alkanes of at least 4 members (excludes halogenated alkanes) is 12. The molecule has 0 heteroatoms. The Hall–Kier alpha value is 0. The molecule has 0 saturated carbocycles. The van der Waals surface area contributed by atoms with Crippen LogP contribution in [-0.4, -0.2) is 0 Å². The number of rotatable bonds is 18. The van der Waals surface area contributed by atoms with E-state index in [4.69, 9.17) is 0 Å². The van der Waals surface area contributed by atoms with E-state index in [1.807, 2.05) is 0 Å². The van der Waals surface area contributed by atoms with E-state index in [1.165, 1.54) is 116 Å². The van der Waals surface area contributed by atoms with Crippen LogP contribution in [0.25, 0.3) is 0 Å². The van der Waals surface area contributed by atoms with Crippen molar-refractivity contribution in [2.24, 2.45) is 5.92 Å². The second kappa shape index (κ2) is 19.0. The molecule has 0 amide bonds. The summed E-state index contributed by atoms with van der Waals surface area (Å²) in [6.45, 7) is 6.97. The summed E-state index contributed by atoms with van der Waals surface area (Å²) >= 11 is 0. The van der Waals surface area contributed by atoms with Crippen LogP contribution in [-0.2, 0) is 0 Å². The average Bonchev–Trinajstić information content (AvgIpc) is 2.53. The molecule has 0 aliphatic rings. The first kappa shape index (κ1) is 22.0. The lowest BCUT2D eigenvalue weighted by Gasteiger charge is -2.16. The first-order chi connectivity index (χ1) is 10.8. The van der Waals surface area contributed by atoms with Crippen LogP contribution in [0.15, 0.2) is 0 Å². The monoisotopic (exact) mass is 310 g/mol. The Balaban J connectivity index is 3.43. The van der Waals surface area contributed by atoms with Gasteiger partial charge in [-0.3, -0.25) is 0 Å². The van der Waals surface area contributed by atoms with Crippen molar-refractivity contribution in [3.63, 3.8) is 0 Å². The largest absolute Gasteiger partial charge is 0.0654 e.